The highest BCUT2D eigenvalue weighted by Crippen LogP contribution is 2.42. The number of halogens is 2. The van der Waals surface area contributed by atoms with Crippen LogP contribution in [0.1, 0.15) is 5.56 Å². The third-order valence-electron chi connectivity index (χ3n) is 2.88. The summed E-state index contributed by atoms with van der Waals surface area (Å²) in [6.07, 6.45) is -3.61. The summed E-state index contributed by atoms with van der Waals surface area (Å²) in [5.74, 6) is 0.160. The molecule has 3 rings (SSSR count). The van der Waals surface area contributed by atoms with Gasteiger partial charge < -0.3 is 19.9 Å². The first-order chi connectivity index (χ1) is 9.53. The van der Waals surface area contributed by atoms with E-state index < -0.39 is 6.29 Å². The van der Waals surface area contributed by atoms with Crippen LogP contribution in [-0.4, -0.2) is 11.4 Å². The van der Waals surface area contributed by atoms with E-state index in [2.05, 4.69) is 14.8 Å². The number of rotatable bonds is 3. The average Bonchev–Trinajstić information content (AvgIpc) is 2.71. The van der Waals surface area contributed by atoms with Crippen molar-refractivity contribution >= 4 is 5.69 Å². The van der Waals surface area contributed by atoms with Crippen LogP contribution < -0.4 is 14.8 Å². The van der Waals surface area contributed by atoms with Crippen LogP contribution in [0.3, 0.4) is 0 Å². The van der Waals surface area contributed by atoms with Crippen LogP contribution in [0, 0.1) is 0 Å². The number of ether oxygens (including phenoxy) is 2. The molecule has 2 N–H and O–H groups in total. The molecule has 2 aromatic rings. The molecule has 0 amide bonds. The molecule has 0 saturated carbocycles. The number of anilines is 1. The van der Waals surface area contributed by atoms with Crippen molar-refractivity contribution in [3.63, 3.8) is 0 Å². The van der Waals surface area contributed by atoms with E-state index in [1.807, 2.05) is 0 Å². The third kappa shape index (κ3) is 2.45. The number of aromatic hydroxyl groups is 1. The Morgan fingerprint density at radius 3 is 2.60 bits per heavy atom. The second-order valence-electron chi connectivity index (χ2n) is 4.31. The SMILES string of the molecule is Oc1ccccc1CNc1ccc2c(c1)OC(F)(F)O2. The Labute approximate surface area is 113 Å². The van der Waals surface area contributed by atoms with Gasteiger partial charge in [0.05, 0.1) is 0 Å². The van der Waals surface area contributed by atoms with Gasteiger partial charge in [-0.15, -0.1) is 8.78 Å². The molecule has 1 aliphatic rings. The van der Waals surface area contributed by atoms with Crippen LogP contribution in [-0.2, 0) is 6.54 Å². The van der Waals surface area contributed by atoms with Gasteiger partial charge in [0.15, 0.2) is 11.5 Å². The summed E-state index contributed by atoms with van der Waals surface area (Å²) in [4.78, 5) is 0. The van der Waals surface area contributed by atoms with E-state index in [1.54, 1.807) is 30.3 Å². The summed E-state index contributed by atoms with van der Waals surface area (Å²) in [6, 6.07) is 11.3. The van der Waals surface area contributed by atoms with Crippen molar-refractivity contribution in [2.24, 2.45) is 0 Å². The first kappa shape index (κ1) is 12.5. The number of para-hydroxylation sites is 1. The van der Waals surface area contributed by atoms with Crippen LogP contribution in [0.4, 0.5) is 14.5 Å². The van der Waals surface area contributed by atoms with Gasteiger partial charge in [-0.05, 0) is 18.2 Å². The highest BCUT2D eigenvalue weighted by Gasteiger charge is 2.43. The van der Waals surface area contributed by atoms with Gasteiger partial charge in [-0.2, -0.15) is 0 Å². The second-order valence-corrected chi connectivity index (χ2v) is 4.31. The number of alkyl halides is 2. The fraction of sp³-hybridized carbons (Fsp3) is 0.143. The summed E-state index contributed by atoms with van der Waals surface area (Å²) < 4.78 is 34.4. The normalized spacial score (nSPS) is 15.1. The Morgan fingerprint density at radius 1 is 1.05 bits per heavy atom. The Kier molecular flexibility index (Phi) is 2.85. The van der Waals surface area contributed by atoms with E-state index in [1.165, 1.54) is 12.1 Å². The third-order valence-corrected chi connectivity index (χ3v) is 2.88. The maximum absolute atomic E-state index is 12.9. The van der Waals surface area contributed by atoms with Crippen molar-refractivity contribution in [1.82, 2.24) is 0 Å². The fourth-order valence-electron chi connectivity index (χ4n) is 1.92. The van der Waals surface area contributed by atoms with E-state index in [4.69, 9.17) is 0 Å². The van der Waals surface area contributed by atoms with E-state index in [-0.39, 0.29) is 17.2 Å². The van der Waals surface area contributed by atoms with Gasteiger partial charge in [-0.25, -0.2) is 0 Å². The molecule has 0 spiro atoms. The van der Waals surface area contributed by atoms with Crippen molar-refractivity contribution in [2.75, 3.05) is 5.32 Å². The van der Waals surface area contributed by atoms with Crippen molar-refractivity contribution in [2.45, 2.75) is 12.8 Å². The quantitative estimate of drug-likeness (QED) is 0.905. The van der Waals surface area contributed by atoms with Gasteiger partial charge >= 0.3 is 6.29 Å². The maximum Gasteiger partial charge on any atom is 0.586 e. The molecule has 1 aliphatic heterocycles. The standard InChI is InChI=1S/C14H11F2NO3/c15-14(16)19-12-6-5-10(7-13(12)20-14)17-8-9-3-1-2-4-11(9)18/h1-7,17-18H,8H2. The molecule has 1 heterocycles. The summed E-state index contributed by atoms with van der Waals surface area (Å²) >= 11 is 0. The van der Waals surface area contributed by atoms with E-state index in [9.17, 15) is 13.9 Å². The fourth-order valence-corrected chi connectivity index (χ4v) is 1.92. The summed E-state index contributed by atoms with van der Waals surface area (Å²) in [5, 5.41) is 12.6. The minimum absolute atomic E-state index is 0.00288. The lowest BCUT2D eigenvalue weighted by molar-refractivity contribution is -0.286. The van der Waals surface area contributed by atoms with E-state index >= 15 is 0 Å². The lowest BCUT2D eigenvalue weighted by atomic mass is 10.2. The average molecular weight is 279 g/mol. The van der Waals surface area contributed by atoms with Crippen molar-refractivity contribution < 1.29 is 23.4 Å². The lowest BCUT2D eigenvalue weighted by Gasteiger charge is -2.08. The molecule has 0 radical (unpaired) electrons. The molecule has 0 saturated heterocycles. The zero-order valence-corrected chi connectivity index (χ0v) is 10.3. The Balaban J connectivity index is 1.73. The largest absolute Gasteiger partial charge is 0.586 e. The summed E-state index contributed by atoms with van der Waals surface area (Å²) in [7, 11) is 0. The number of benzene rings is 2. The Hall–Kier alpha value is -2.50. The highest BCUT2D eigenvalue weighted by atomic mass is 19.3. The predicted molar refractivity (Wildman–Crippen MR) is 68.1 cm³/mol. The molecule has 104 valence electrons. The molecular weight excluding hydrogens is 268 g/mol. The Morgan fingerprint density at radius 2 is 1.80 bits per heavy atom. The minimum atomic E-state index is -3.61. The first-order valence-electron chi connectivity index (χ1n) is 5.94. The zero-order valence-electron chi connectivity index (χ0n) is 10.3. The first-order valence-corrected chi connectivity index (χ1v) is 5.94. The lowest BCUT2D eigenvalue weighted by Crippen LogP contribution is -2.25. The minimum Gasteiger partial charge on any atom is -0.508 e. The highest BCUT2D eigenvalue weighted by molar-refractivity contribution is 5.56. The molecule has 0 atom stereocenters. The molecule has 4 nitrogen and oxygen atoms in total. The number of fused-ring (bicyclic) bond motifs is 1. The molecule has 0 aromatic heterocycles. The van der Waals surface area contributed by atoms with Gasteiger partial charge in [-0.3, -0.25) is 0 Å². The molecule has 2 aromatic carbocycles. The number of hydrogen-bond donors (Lipinski definition) is 2. The monoisotopic (exact) mass is 279 g/mol. The maximum atomic E-state index is 12.9. The number of nitrogens with one attached hydrogen (secondary N) is 1. The topological polar surface area (TPSA) is 50.7 Å². The molecule has 6 heteroatoms. The van der Waals surface area contributed by atoms with Crippen LogP contribution in [0.5, 0.6) is 17.2 Å². The molecule has 20 heavy (non-hydrogen) atoms. The zero-order chi connectivity index (χ0) is 14.2. The van der Waals surface area contributed by atoms with Crippen LogP contribution in [0.15, 0.2) is 42.5 Å². The van der Waals surface area contributed by atoms with Crippen LogP contribution >= 0.6 is 0 Å². The van der Waals surface area contributed by atoms with Crippen LogP contribution in [0.25, 0.3) is 0 Å². The van der Waals surface area contributed by atoms with Crippen molar-refractivity contribution in [3.8, 4) is 17.2 Å². The van der Waals surface area contributed by atoms with Gasteiger partial charge in [0.2, 0.25) is 0 Å². The molecule has 0 bridgehead atoms. The van der Waals surface area contributed by atoms with Gasteiger partial charge in [-0.1, -0.05) is 18.2 Å². The van der Waals surface area contributed by atoms with Crippen molar-refractivity contribution in [1.29, 1.82) is 0 Å². The predicted octanol–water partition coefficient (Wildman–Crippen LogP) is 3.33. The smallest absolute Gasteiger partial charge is 0.508 e. The molecule has 0 aliphatic carbocycles. The van der Waals surface area contributed by atoms with Crippen LogP contribution in [0.2, 0.25) is 0 Å². The van der Waals surface area contributed by atoms with Gasteiger partial charge in [0.25, 0.3) is 0 Å². The summed E-state index contributed by atoms with van der Waals surface area (Å²) in [6.45, 7) is 0.364. The number of phenols is 1. The Bertz CT molecular complexity index is 646. The van der Waals surface area contributed by atoms with Gasteiger partial charge in [0.1, 0.15) is 5.75 Å². The molecule has 0 unspecified atom stereocenters. The number of hydrogen-bond acceptors (Lipinski definition) is 4. The van der Waals surface area contributed by atoms with E-state index in [0.29, 0.717) is 17.8 Å². The summed E-state index contributed by atoms with van der Waals surface area (Å²) in [5.41, 5.74) is 1.30. The molecule has 0 fully saturated rings. The number of phenolic OH excluding ortho intramolecular Hbond substituents is 1. The molecular formula is C14H11F2NO3. The van der Waals surface area contributed by atoms with Gasteiger partial charge in [0, 0.05) is 23.9 Å². The van der Waals surface area contributed by atoms with E-state index in [0.717, 1.165) is 0 Å². The van der Waals surface area contributed by atoms with Crippen molar-refractivity contribution in [3.05, 3.63) is 48.0 Å². The second kappa shape index (κ2) is 4.56.